The highest BCUT2D eigenvalue weighted by atomic mass is 19.4. The van der Waals surface area contributed by atoms with Crippen molar-refractivity contribution in [2.75, 3.05) is 0 Å². The van der Waals surface area contributed by atoms with Crippen molar-refractivity contribution >= 4 is 0 Å². The van der Waals surface area contributed by atoms with Crippen LogP contribution >= 0.6 is 0 Å². The van der Waals surface area contributed by atoms with E-state index in [-0.39, 0.29) is 4.57 Å². The van der Waals surface area contributed by atoms with E-state index in [9.17, 15) is 22.8 Å². The van der Waals surface area contributed by atoms with Crippen molar-refractivity contribution < 1.29 is 13.2 Å². The van der Waals surface area contributed by atoms with Gasteiger partial charge in [0.15, 0.2) is 0 Å². The van der Waals surface area contributed by atoms with E-state index < -0.39 is 23.4 Å². The Bertz CT molecular complexity index is 471. The number of alkyl halides is 3. The molecule has 0 aliphatic carbocycles. The van der Waals surface area contributed by atoms with E-state index in [0.29, 0.717) is 4.57 Å². The van der Waals surface area contributed by atoms with E-state index in [1.54, 1.807) is 0 Å². The lowest BCUT2D eigenvalue weighted by Gasteiger charge is -2.09. The van der Waals surface area contributed by atoms with Crippen LogP contribution in [0.5, 0.6) is 0 Å². The summed E-state index contributed by atoms with van der Waals surface area (Å²) < 4.78 is 37.3. The molecule has 14 heavy (non-hydrogen) atoms. The van der Waals surface area contributed by atoms with Gasteiger partial charge in [0.25, 0.3) is 0 Å². The Labute approximate surface area is 75.4 Å². The van der Waals surface area contributed by atoms with Crippen molar-refractivity contribution in [3.63, 3.8) is 0 Å². The van der Waals surface area contributed by atoms with Crippen molar-refractivity contribution in [1.82, 2.24) is 14.1 Å². The second-order valence-corrected chi connectivity index (χ2v) is 2.62. The van der Waals surface area contributed by atoms with Crippen molar-refractivity contribution in [3.05, 3.63) is 26.8 Å². The molecule has 0 saturated heterocycles. The van der Waals surface area contributed by atoms with Gasteiger partial charge in [-0.15, -0.1) is 0 Å². The minimum absolute atomic E-state index is 0.279. The minimum Gasteiger partial charge on any atom is -0.277 e. The van der Waals surface area contributed by atoms with Crippen molar-refractivity contribution in [2.45, 2.75) is 6.18 Å². The van der Waals surface area contributed by atoms with Crippen molar-refractivity contribution in [3.8, 4) is 0 Å². The van der Waals surface area contributed by atoms with Crippen LogP contribution in [0.2, 0.25) is 0 Å². The first-order valence-electron chi connectivity index (χ1n) is 3.46. The van der Waals surface area contributed by atoms with Gasteiger partial charge < -0.3 is 0 Å². The van der Waals surface area contributed by atoms with Gasteiger partial charge in [-0.1, -0.05) is 0 Å². The average Bonchev–Trinajstić information content (AvgIpc) is 2.06. The van der Waals surface area contributed by atoms with Gasteiger partial charge in [0.2, 0.25) is 5.82 Å². The maximum atomic E-state index is 12.2. The molecule has 0 amide bonds. The fourth-order valence-corrected chi connectivity index (χ4v) is 0.892. The van der Waals surface area contributed by atoms with Crippen LogP contribution in [0.4, 0.5) is 13.2 Å². The maximum absolute atomic E-state index is 12.2. The first-order chi connectivity index (χ1) is 6.25. The molecule has 0 aliphatic heterocycles. The quantitative estimate of drug-likeness (QED) is 0.578. The van der Waals surface area contributed by atoms with Gasteiger partial charge in [-0.05, 0) is 0 Å². The summed E-state index contributed by atoms with van der Waals surface area (Å²) in [6, 6.07) is 0. The van der Waals surface area contributed by atoms with Crippen LogP contribution in [0.25, 0.3) is 0 Å². The highest BCUT2D eigenvalue weighted by Gasteiger charge is 2.36. The fourth-order valence-electron chi connectivity index (χ4n) is 0.892. The first-order valence-corrected chi connectivity index (χ1v) is 3.46. The number of hydrogen-bond acceptors (Lipinski definition) is 3. The molecule has 1 aromatic rings. The molecule has 0 bridgehead atoms. The highest BCUT2D eigenvalue weighted by molar-refractivity contribution is 4.92. The summed E-state index contributed by atoms with van der Waals surface area (Å²) in [6.07, 6.45) is -4.80. The van der Waals surface area contributed by atoms with Crippen LogP contribution in [-0.2, 0) is 20.3 Å². The topological polar surface area (TPSA) is 56.9 Å². The Morgan fingerprint density at radius 1 is 1.14 bits per heavy atom. The van der Waals surface area contributed by atoms with Gasteiger partial charge in [-0.2, -0.15) is 18.2 Å². The molecular formula is C6H6F3N3O2. The van der Waals surface area contributed by atoms with Gasteiger partial charge in [0.1, 0.15) is 0 Å². The first kappa shape index (κ1) is 10.5. The molecule has 0 saturated carbocycles. The van der Waals surface area contributed by atoms with E-state index >= 15 is 0 Å². The Morgan fingerprint density at radius 3 is 2.07 bits per heavy atom. The molecule has 8 heteroatoms. The van der Waals surface area contributed by atoms with E-state index in [1.807, 2.05) is 0 Å². The van der Waals surface area contributed by atoms with Crippen LogP contribution in [-0.4, -0.2) is 14.1 Å². The number of aromatic nitrogens is 3. The second kappa shape index (κ2) is 2.96. The SMILES string of the molecule is Cn1c(C(F)(F)F)nc(=O)n(C)c1=O. The number of nitrogens with zero attached hydrogens (tertiary/aromatic N) is 3. The fraction of sp³-hybridized carbons (Fsp3) is 0.500. The van der Waals surface area contributed by atoms with Crippen LogP contribution in [0, 0.1) is 0 Å². The molecule has 0 atom stereocenters. The van der Waals surface area contributed by atoms with Gasteiger partial charge in [-0.25, -0.2) is 14.2 Å². The third-order valence-electron chi connectivity index (χ3n) is 1.63. The van der Waals surface area contributed by atoms with E-state index in [1.165, 1.54) is 0 Å². The van der Waals surface area contributed by atoms with Crippen molar-refractivity contribution in [1.29, 1.82) is 0 Å². The van der Waals surface area contributed by atoms with E-state index in [2.05, 4.69) is 4.98 Å². The molecule has 0 spiro atoms. The van der Waals surface area contributed by atoms with Crippen LogP contribution in [0.15, 0.2) is 9.59 Å². The molecule has 78 valence electrons. The minimum atomic E-state index is -4.80. The zero-order chi connectivity index (χ0) is 11.1. The van der Waals surface area contributed by atoms with Gasteiger partial charge in [0.05, 0.1) is 0 Å². The molecule has 0 radical (unpaired) electrons. The van der Waals surface area contributed by atoms with Gasteiger partial charge >= 0.3 is 17.6 Å². The molecule has 0 aromatic carbocycles. The average molecular weight is 209 g/mol. The Kier molecular flexibility index (Phi) is 2.22. The summed E-state index contributed by atoms with van der Waals surface area (Å²) in [7, 11) is 1.95. The molecular weight excluding hydrogens is 203 g/mol. The van der Waals surface area contributed by atoms with Crippen LogP contribution < -0.4 is 11.4 Å². The maximum Gasteiger partial charge on any atom is 0.450 e. The molecule has 0 unspecified atom stereocenters. The number of rotatable bonds is 0. The predicted molar refractivity (Wildman–Crippen MR) is 39.7 cm³/mol. The third-order valence-corrected chi connectivity index (χ3v) is 1.63. The van der Waals surface area contributed by atoms with Crippen LogP contribution in [0.1, 0.15) is 5.82 Å². The van der Waals surface area contributed by atoms with Crippen LogP contribution in [0.3, 0.4) is 0 Å². The summed E-state index contributed by atoms with van der Waals surface area (Å²) in [6.45, 7) is 0. The van der Waals surface area contributed by atoms with Gasteiger partial charge in [-0.3, -0.25) is 4.57 Å². The number of hydrogen-bond donors (Lipinski definition) is 0. The lowest BCUT2D eigenvalue weighted by Crippen LogP contribution is -2.42. The Balaban J connectivity index is 3.67. The van der Waals surface area contributed by atoms with Gasteiger partial charge in [0, 0.05) is 14.1 Å². The summed E-state index contributed by atoms with van der Waals surface area (Å²) >= 11 is 0. The predicted octanol–water partition coefficient (Wildman–Crippen LogP) is -0.502. The molecule has 0 fully saturated rings. The molecule has 1 heterocycles. The Hall–Kier alpha value is -1.60. The normalized spacial score (nSPS) is 11.8. The third kappa shape index (κ3) is 1.54. The number of halogens is 3. The summed E-state index contributed by atoms with van der Waals surface area (Å²) in [5, 5.41) is 0. The highest BCUT2D eigenvalue weighted by Crippen LogP contribution is 2.25. The molecule has 1 aromatic heterocycles. The molecule has 5 nitrogen and oxygen atoms in total. The monoisotopic (exact) mass is 209 g/mol. The van der Waals surface area contributed by atoms with E-state index in [4.69, 9.17) is 0 Å². The second-order valence-electron chi connectivity index (χ2n) is 2.62. The zero-order valence-electron chi connectivity index (χ0n) is 7.29. The molecule has 0 aliphatic rings. The lowest BCUT2D eigenvalue weighted by molar-refractivity contribution is -0.148. The lowest BCUT2D eigenvalue weighted by atomic mass is 10.5. The molecule has 0 N–H and O–H groups in total. The van der Waals surface area contributed by atoms with E-state index in [0.717, 1.165) is 14.1 Å². The summed E-state index contributed by atoms with van der Waals surface area (Å²) in [4.78, 5) is 24.6. The standard InChI is InChI=1S/C6H6F3N3O2/c1-11-3(6(7,8)9)10-4(13)12(2)5(11)14/h1-2H3. The largest absolute Gasteiger partial charge is 0.450 e. The zero-order valence-corrected chi connectivity index (χ0v) is 7.29. The smallest absolute Gasteiger partial charge is 0.277 e. The van der Waals surface area contributed by atoms with Crippen molar-refractivity contribution in [2.24, 2.45) is 14.1 Å². The summed E-state index contributed by atoms with van der Waals surface area (Å²) in [5.41, 5.74) is -2.28. The Morgan fingerprint density at radius 2 is 1.64 bits per heavy atom. The summed E-state index contributed by atoms with van der Waals surface area (Å²) in [5.74, 6) is -1.49. The molecule has 1 rings (SSSR count).